The van der Waals surface area contributed by atoms with E-state index in [1.807, 2.05) is 30.9 Å². The molecule has 1 aromatic rings. The number of thioether (sulfide) groups is 1. The molecule has 0 saturated carbocycles. The molecular weight excluding hydrogens is 242 g/mol. The Bertz CT molecular complexity index is 412. The molecule has 1 N–H and O–H groups in total. The van der Waals surface area contributed by atoms with E-state index in [0.29, 0.717) is 5.25 Å². The lowest BCUT2D eigenvalue weighted by Crippen LogP contribution is -2.19. The first kappa shape index (κ1) is 13.4. The van der Waals surface area contributed by atoms with Crippen molar-refractivity contribution >= 4 is 16.9 Å². The van der Waals surface area contributed by atoms with Crippen molar-refractivity contribution in [1.29, 1.82) is 0 Å². The van der Waals surface area contributed by atoms with Crippen LogP contribution in [0.3, 0.4) is 0 Å². The third-order valence-electron chi connectivity index (χ3n) is 2.87. The maximum atomic E-state index is 4.55. The number of rotatable bonds is 4. The number of hydrogen-bond donors (Lipinski definition) is 1. The van der Waals surface area contributed by atoms with Crippen LogP contribution in [0.15, 0.2) is 23.3 Å². The number of aryl methyl sites for hydroxylation is 1. The first-order valence-electron chi connectivity index (χ1n) is 6.50. The van der Waals surface area contributed by atoms with Gasteiger partial charge in [-0.25, -0.2) is 0 Å². The third-order valence-corrected chi connectivity index (χ3v) is 4.04. The van der Waals surface area contributed by atoms with E-state index in [1.54, 1.807) is 0 Å². The van der Waals surface area contributed by atoms with E-state index in [0.717, 1.165) is 29.9 Å². The number of aromatic nitrogens is 1. The summed E-state index contributed by atoms with van der Waals surface area (Å²) in [6.45, 7) is 8.31. The molecule has 18 heavy (non-hydrogen) atoms. The summed E-state index contributed by atoms with van der Waals surface area (Å²) in [5.74, 6) is 0.748. The van der Waals surface area contributed by atoms with Crippen LogP contribution in [0, 0.1) is 12.8 Å². The normalized spacial score (nSPS) is 19.1. The predicted molar refractivity (Wildman–Crippen MR) is 78.9 cm³/mol. The molecule has 0 radical (unpaired) electrons. The Morgan fingerprint density at radius 1 is 1.44 bits per heavy atom. The third kappa shape index (κ3) is 4.02. The van der Waals surface area contributed by atoms with Gasteiger partial charge in [-0.1, -0.05) is 31.7 Å². The van der Waals surface area contributed by atoms with Gasteiger partial charge >= 0.3 is 0 Å². The first-order chi connectivity index (χ1) is 8.63. The molecule has 0 saturated heterocycles. The summed E-state index contributed by atoms with van der Waals surface area (Å²) in [5.41, 5.74) is 2.26. The number of aliphatic imine (C=N–C) groups is 1. The van der Waals surface area contributed by atoms with Crippen LogP contribution in [0.5, 0.6) is 0 Å². The lowest BCUT2D eigenvalue weighted by molar-refractivity contribution is 0.575. The SMILES string of the molecule is Cc1ccc(CNC2=NCC(CC(C)C)S2)cn1. The molecule has 0 fully saturated rings. The van der Waals surface area contributed by atoms with Gasteiger partial charge in [-0.05, 0) is 30.9 Å². The summed E-state index contributed by atoms with van der Waals surface area (Å²) in [7, 11) is 0. The highest BCUT2D eigenvalue weighted by molar-refractivity contribution is 8.14. The number of pyridine rings is 1. The zero-order valence-electron chi connectivity index (χ0n) is 11.3. The molecule has 2 rings (SSSR count). The van der Waals surface area contributed by atoms with Crippen LogP contribution in [0.1, 0.15) is 31.5 Å². The van der Waals surface area contributed by atoms with E-state index in [2.05, 4.69) is 35.2 Å². The van der Waals surface area contributed by atoms with Crippen LogP contribution in [-0.4, -0.2) is 21.9 Å². The van der Waals surface area contributed by atoms with Crippen molar-refractivity contribution in [2.24, 2.45) is 10.9 Å². The molecule has 0 spiro atoms. The quantitative estimate of drug-likeness (QED) is 0.907. The summed E-state index contributed by atoms with van der Waals surface area (Å²) >= 11 is 1.88. The van der Waals surface area contributed by atoms with Gasteiger partial charge in [0.1, 0.15) is 0 Å². The van der Waals surface area contributed by atoms with Crippen LogP contribution < -0.4 is 5.32 Å². The first-order valence-corrected chi connectivity index (χ1v) is 7.38. The van der Waals surface area contributed by atoms with E-state index in [9.17, 15) is 0 Å². The number of nitrogens with one attached hydrogen (secondary N) is 1. The standard InChI is InChI=1S/C14H21N3S/c1-10(2)6-13-9-17-14(18-13)16-8-12-5-4-11(3)15-7-12/h4-5,7,10,13H,6,8-9H2,1-3H3,(H,16,17). The Balaban J connectivity index is 1.76. The van der Waals surface area contributed by atoms with Crippen molar-refractivity contribution < 1.29 is 0 Å². The summed E-state index contributed by atoms with van der Waals surface area (Å²) in [6.07, 6.45) is 3.17. The molecule has 0 aromatic carbocycles. The van der Waals surface area contributed by atoms with E-state index < -0.39 is 0 Å². The molecular formula is C14H21N3S. The summed E-state index contributed by atoms with van der Waals surface area (Å²) < 4.78 is 0. The fourth-order valence-electron chi connectivity index (χ4n) is 1.94. The molecule has 0 aliphatic carbocycles. The van der Waals surface area contributed by atoms with Gasteiger partial charge in [0.2, 0.25) is 0 Å². The molecule has 0 amide bonds. The molecule has 3 nitrogen and oxygen atoms in total. The maximum Gasteiger partial charge on any atom is 0.157 e. The molecule has 1 aliphatic heterocycles. The van der Waals surface area contributed by atoms with Crippen molar-refractivity contribution in [3.8, 4) is 0 Å². The highest BCUT2D eigenvalue weighted by Crippen LogP contribution is 2.25. The molecule has 0 bridgehead atoms. The van der Waals surface area contributed by atoms with Crippen molar-refractivity contribution in [2.75, 3.05) is 6.54 Å². The zero-order chi connectivity index (χ0) is 13.0. The van der Waals surface area contributed by atoms with Gasteiger partial charge in [0.25, 0.3) is 0 Å². The fraction of sp³-hybridized carbons (Fsp3) is 0.571. The second-order valence-corrected chi connectivity index (χ2v) is 6.47. The van der Waals surface area contributed by atoms with E-state index in [-0.39, 0.29) is 0 Å². The number of nitrogens with zero attached hydrogens (tertiary/aromatic N) is 2. The van der Waals surface area contributed by atoms with E-state index in [4.69, 9.17) is 0 Å². The number of amidine groups is 1. The number of hydrogen-bond acceptors (Lipinski definition) is 4. The van der Waals surface area contributed by atoms with Gasteiger partial charge < -0.3 is 5.32 Å². The van der Waals surface area contributed by atoms with Gasteiger partial charge in [-0.3, -0.25) is 9.98 Å². The van der Waals surface area contributed by atoms with Gasteiger partial charge in [-0.15, -0.1) is 0 Å². The van der Waals surface area contributed by atoms with Crippen molar-refractivity contribution in [3.05, 3.63) is 29.6 Å². The van der Waals surface area contributed by atoms with Gasteiger partial charge in [-0.2, -0.15) is 0 Å². The molecule has 1 atom stereocenters. The smallest absolute Gasteiger partial charge is 0.157 e. The molecule has 98 valence electrons. The molecule has 4 heteroatoms. The average Bonchev–Trinajstić information content (AvgIpc) is 2.75. The van der Waals surface area contributed by atoms with Crippen molar-refractivity contribution in [2.45, 2.75) is 39.0 Å². The highest BCUT2D eigenvalue weighted by atomic mass is 32.2. The van der Waals surface area contributed by atoms with E-state index >= 15 is 0 Å². The highest BCUT2D eigenvalue weighted by Gasteiger charge is 2.20. The minimum atomic E-state index is 0.656. The summed E-state index contributed by atoms with van der Waals surface area (Å²) in [4.78, 5) is 8.84. The van der Waals surface area contributed by atoms with Crippen molar-refractivity contribution in [3.63, 3.8) is 0 Å². The Morgan fingerprint density at radius 3 is 2.94 bits per heavy atom. The van der Waals surface area contributed by atoms with Crippen LogP contribution in [0.25, 0.3) is 0 Å². The van der Waals surface area contributed by atoms with Crippen molar-refractivity contribution in [1.82, 2.24) is 10.3 Å². The fourth-order valence-corrected chi connectivity index (χ4v) is 3.19. The lowest BCUT2D eigenvalue weighted by Gasteiger charge is -2.11. The summed E-state index contributed by atoms with van der Waals surface area (Å²) in [5, 5.41) is 5.13. The van der Waals surface area contributed by atoms with Crippen LogP contribution in [-0.2, 0) is 6.54 Å². The largest absolute Gasteiger partial charge is 0.361 e. The molecule has 1 unspecified atom stereocenters. The van der Waals surface area contributed by atoms with Crippen LogP contribution in [0.2, 0.25) is 0 Å². The van der Waals surface area contributed by atoms with Gasteiger partial charge in [0, 0.05) is 23.7 Å². The Morgan fingerprint density at radius 2 is 2.28 bits per heavy atom. The zero-order valence-corrected chi connectivity index (χ0v) is 12.1. The Labute approximate surface area is 113 Å². The van der Waals surface area contributed by atoms with Gasteiger partial charge in [0.05, 0.1) is 6.54 Å². The predicted octanol–water partition coefficient (Wildman–Crippen LogP) is 3.00. The maximum absolute atomic E-state index is 4.55. The minimum absolute atomic E-state index is 0.656. The van der Waals surface area contributed by atoms with Crippen LogP contribution >= 0.6 is 11.8 Å². The molecule has 1 aromatic heterocycles. The van der Waals surface area contributed by atoms with Crippen LogP contribution in [0.4, 0.5) is 0 Å². The minimum Gasteiger partial charge on any atom is -0.361 e. The monoisotopic (exact) mass is 263 g/mol. The second-order valence-electron chi connectivity index (χ2n) is 5.18. The Kier molecular flexibility index (Phi) is 4.64. The van der Waals surface area contributed by atoms with Gasteiger partial charge in [0.15, 0.2) is 5.17 Å². The Hall–Kier alpha value is -1.03. The topological polar surface area (TPSA) is 37.3 Å². The lowest BCUT2D eigenvalue weighted by atomic mass is 10.1. The average molecular weight is 263 g/mol. The van der Waals surface area contributed by atoms with E-state index in [1.165, 1.54) is 12.0 Å². The summed E-state index contributed by atoms with van der Waals surface area (Å²) in [6, 6.07) is 4.16. The second kappa shape index (κ2) is 6.23. The molecule has 1 aliphatic rings. The molecule has 2 heterocycles.